The first-order valence-corrected chi connectivity index (χ1v) is 9.11. The first-order valence-electron chi connectivity index (χ1n) is 5.46. The predicted molar refractivity (Wildman–Crippen MR) is 84.8 cm³/mol. The van der Waals surface area contributed by atoms with Gasteiger partial charge in [-0.15, -0.1) is 0 Å². The highest BCUT2D eigenvalue weighted by molar-refractivity contribution is 9.10. The fourth-order valence-corrected chi connectivity index (χ4v) is 2.51. The number of hydrogen-bond acceptors (Lipinski definition) is 3. The molecule has 2 rings (SSSR count). The van der Waals surface area contributed by atoms with E-state index < -0.39 is 10.0 Å². The largest absolute Gasteiger partial charge is 0.382 e. The third kappa shape index (κ3) is 2.94. The van der Waals surface area contributed by atoms with Gasteiger partial charge in [0.05, 0.1) is 10.2 Å². The molecule has 0 bridgehead atoms. The number of ketones is 1. The van der Waals surface area contributed by atoms with Gasteiger partial charge in [-0.05, 0) is 51.9 Å². The highest BCUT2D eigenvalue weighted by Gasteiger charge is 2.15. The van der Waals surface area contributed by atoms with Crippen LogP contribution in [0.25, 0.3) is 5.52 Å². The van der Waals surface area contributed by atoms with E-state index in [9.17, 15) is 4.79 Å². The lowest BCUT2D eigenvalue weighted by atomic mass is 10.2. The molecule has 0 atom stereocenters. The van der Waals surface area contributed by atoms with E-state index in [2.05, 4.69) is 32.1 Å². The maximum absolute atomic E-state index is 12.2. The molecule has 0 spiro atoms. The average molecular weight is 340 g/mol. The first-order chi connectivity index (χ1) is 8.79. The Balaban J connectivity index is 2.57. The monoisotopic (exact) mass is 339 g/mol. The fourth-order valence-electron chi connectivity index (χ4n) is 1.58. The summed E-state index contributed by atoms with van der Waals surface area (Å²) in [6, 6.07) is 1.72. The van der Waals surface area contributed by atoms with Gasteiger partial charge >= 0.3 is 0 Å². The molecule has 0 fully saturated rings. The van der Waals surface area contributed by atoms with Crippen LogP contribution < -0.4 is 5.73 Å². The van der Waals surface area contributed by atoms with E-state index in [0.29, 0.717) is 16.9 Å². The molecule has 100 valence electrons. The van der Waals surface area contributed by atoms with Crippen LogP contribution in [0.3, 0.4) is 0 Å². The minimum Gasteiger partial charge on any atom is -0.382 e. The number of carbonyl (C=O) groups is 1. The van der Waals surface area contributed by atoms with Crippen molar-refractivity contribution in [2.24, 2.45) is 0 Å². The number of Topliss-reactive ketones (excluding diaryl/α,β-unsaturated/α-hetero) is 1. The molecular formula is C13H14BrN3OS. The highest BCUT2D eigenvalue weighted by atomic mass is 79.9. The third-order valence-corrected chi connectivity index (χ3v) is 3.70. The summed E-state index contributed by atoms with van der Waals surface area (Å²) >= 11 is 3.40. The van der Waals surface area contributed by atoms with Crippen LogP contribution in [0, 0.1) is 11.2 Å². The van der Waals surface area contributed by atoms with Crippen LogP contribution in [-0.2, 0) is 0 Å². The fraction of sp³-hybridized carbons (Fsp3) is 0.231. The molecule has 0 aliphatic carbocycles. The van der Waals surface area contributed by atoms with Gasteiger partial charge in [0.15, 0.2) is 0 Å². The lowest BCUT2D eigenvalue weighted by Crippen LogP contribution is -2.00. The molecule has 19 heavy (non-hydrogen) atoms. The number of nitrogen functional groups attached to an aromatic ring is 1. The number of fused-ring (bicyclic) bond motifs is 1. The van der Waals surface area contributed by atoms with Crippen LogP contribution in [0.2, 0.25) is 0 Å². The van der Waals surface area contributed by atoms with Crippen molar-refractivity contribution in [3.63, 3.8) is 0 Å². The molecule has 0 amide bonds. The minimum atomic E-state index is -1.03. The molecular weight excluding hydrogens is 326 g/mol. The van der Waals surface area contributed by atoms with Crippen LogP contribution in [-0.4, -0.2) is 33.9 Å². The van der Waals surface area contributed by atoms with Crippen molar-refractivity contribution in [1.29, 1.82) is 0 Å². The summed E-state index contributed by atoms with van der Waals surface area (Å²) < 4.78 is 2.53. The van der Waals surface area contributed by atoms with Crippen molar-refractivity contribution in [2.45, 2.75) is 0 Å². The number of carbonyl (C=O) groups excluding carboxylic acids is 1. The van der Waals surface area contributed by atoms with Crippen LogP contribution in [0.1, 0.15) is 10.4 Å². The molecule has 2 heterocycles. The molecule has 0 aromatic carbocycles. The second-order valence-corrected chi connectivity index (χ2v) is 9.50. The molecule has 6 heteroatoms. The van der Waals surface area contributed by atoms with Gasteiger partial charge in [-0.25, -0.2) is 4.98 Å². The van der Waals surface area contributed by atoms with Gasteiger partial charge in [0.2, 0.25) is 5.78 Å². The Bertz CT molecular complexity index is 719. The number of anilines is 1. The molecule has 0 unspecified atom stereocenters. The molecule has 0 radical (unpaired) electrons. The standard InChI is InChI=1S/C13H14BrN3OS/c1-19(2,3)7-4-10(18)9-8-11(14)17-6-5-16-13(15)12(9)17/h5-6,8H,1-3H3,(H2,15,16). The van der Waals surface area contributed by atoms with E-state index in [-0.39, 0.29) is 5.78 Å². The third-order valence-electron chi connectivity index (χ3n) is 2.38. The zero-order chi connectivity index (χ0) is 14.2. The number of rotatable bonds is 1. The van der Waals surface area contributed by atoms with Crippen molar-refractivity contribution in [2.75, 3.05) is 24.5 Å². The Morgan fingerprint density at radius 3 is 2.79 bits per heavy atom. The highest BCUT2D eigenvalue weighted by Crippen LogP contribution is 2.32. The van der Waals surface area contributed by atoms with Gasteiger partial charge in [0, 0.05) is 12.4 Å². The summed E-state index contributed by atoms with van der Waals surface area (Å²) in [4.78, 5) is 16.2. The number of nitrogens with two attached hydrogens (primary N) is 1. The van der Waals surface area contributed by atoms with Crippen LogP contribution in [0.4, 0.5) is 5.82 Å². The second-order valence-electron chi connectivity index (χ2n) is 4.81. The SMILES string of the molecule is CS(C)(C)C#CC(=O)c1cc(Br)n2ccnc(N)c12. The average Bonchev–Trinajstić information content (AvgIpc) is 2.65. The molecule has 2 N–H and O–H groups in total. The molecule has 2 aromatic heterocycles. The van der Waals surface area contributed by atoms with E-state index in [1.807, 2.05) is 18.8 Å². The molecule has 0 aliphatic rings. The molecule has 4 nitrogen and oxygen atoms in total. The van der Waals surface area contributed by atoms with Gasteiger partial charge in [-0.3, -0.25) is 4.79 Å². The van der Waals surface area contributed by atoms with Crippen molar-refractivity contribution in [3.05, 3.63) is 28.6 Å². The van der Waals surface area contributed by atoms with E-state index in [1.165, 1.54) is 0 Å². The van der Waals surface area contributed by atoms with Gasteiger partial charge in [-0.1, -0.05) is 0 Å². The number of halogens is 1. The molecule has 2 aromatic rings. The smallest absolute Gasteiger partial charge is 0.239 e. The zero-order valence-electron chi connectivity index (χ0n) is 10.9. The van der Waals surface area contributed by atoms with Gasteiger partial charge < -0.3 is 10.1 Å². The molecule has 0 saturated heterocycles. The Hall–Kier alpha value is -1.45. The number of aromatic nitrogens is 2. The van der Waals surface area contributed by atoms with Crippen molar-refractivity contribution < 1.29 is 4.79 Å². The Labute approximate surface area is 121 Å². The summed E-state index contributed by atoms with van der Waals surface area (Å²) in [6.07, 6.45) is 9.45. The lowest BCUT2D eigenvalue weighted by molar-refractivity contribution is 0.105. The maximum Gasteiger partial charge on any atom is 0.239 e. The van der Waals surface area contributed by atoms with Crippen molar-refractivity contribution in [3.8, 4) is 11.2 Å². The van der Waals surface area contributed by atoms with Gasteiger partial charge in [0.25, 0.3) is 0 Å². The Kier molecular flexibility index (Phi) is 3.61. The predicted octanol–water partition coefficient (Wildman–Crippen LogP) is 2.52. The van der Waals surface area contributed by atoms with Crippen molar-refractivity contribution >= 4 is 43.1 Å². The first kappa shape index (κ1) is 14.0. The summed E-state index contributed by atoms with van der Waals surface area (Å²) in [5.41, 5.74) is 6.92. The topological polar surface area (TPSA) is 60.4 Å². The van der Waals surface area contributed by atoms with Crippen molar-refractivity contribution in [1.82, 2.24) is 9.38 Å². The number of hydrogen-bond donors (Lipinski definition) is 1. The second kappa shape index (κ2) is 4.91. The minimum absolute atomic E-state index is 0.231. The summed E-state index contributed by atoms with van der Waals surface area (Å²) in [5, 5.41) is 3.01. The van der Waals surface area contributed by atoms with E-state index in [0.717, 1.165) is 4.60 Å². The van der Waals surface area contributed by atoms with Crippen LogP contribution >= 0.6 is 26.0 Å². The summed E-state index contributed by atoms with van der Waals surface area (Å²) in [7, 11) is -1.03. The van der Waals surface area contributed by atoms with E-state index >= 15 is 0 Å². The zero-order valence-corrected chi connectivity index (χ0v) is 13.3. The Morgan fingerprint density at radius 2 is 2.16 bits per heavy atom. The van der Waals surface area contributed by atoms with Crippen LogP contribution in [0.15, 0.2) is 23.1 Å². The number of nitrogens with zero attached hydrogens (tertiary/aromatic N) is 2. The molecule has 0 aliphatic heterocycles. The maximum atomic E-state index is 12.2. The normalized spacial score (nSPS) is 12.0. The van der Waals surface area contributed by atoms with Gasteiger partial charge in [-0.2, -0.15) is 10.0 Å². The summed E-state index contributed by atoms with van der Waals surface area (Å²) in [6.45, 7) is 0. The quantitative estimate of drug-likeness (QED) is 0.641. The van der Waals surface area contributed by atoms with E-state index in [1.54, 1.807) is 22.9 Å². The molecule has 0 saturated carbocycles. The summed E-state index contributed by atoms with van der Waals surface area (Å²) in [5.74, 6) is 2.79. The van der Waals surface area contributed by atoms with E-state index in [4.69, 9.17) is 5.73 Å². The lowest BCUT2D eigenvalue weighted by Gasteiger charge is -2.14. The van der Waals surface area contributed by atoms with Crippen LogP contribution in [0.5, 0.6) is 0 Å². The Morgan fingerprint density at radius 1 is 1.47 bits per heavy atom. The van der Waals surface area contributed by atoms with Gasteiger partial charge in [0.1, 0.15) is 11.3 Å².